The standard InChI is InChI=1S/C14H19NO2/c1-14(17,13-3-2-8-15-9-13)12-6-4-11(10-16)5-7-12/h4-7,10,13,15,17H,2-3,8-9H2,1H3. The molecular weight excluding hydrogens is 214 g/mol. The van der Waals surface area contributed by atoms with Crippen molar-refractivity contribution in [3.05, 3.63) is 35.4 Å². The van der Waals surface area contributed by atoms with E-state index in [4.69, 9.17) is 0 Å². The lowest BCUT2D eigenvalue weighted by Crippen LogP contribution is -2.42. The van der Waals surface area contributed by atoms with Crippen LogP contribution >= 0.6 is 0 Å². The van der Waals surface area contributed by atoms with E-state index in [0.717, 1.165) is 37.8 Å². The van der Waals surface area contributed by atoms with Crippen molar-refractivity contribution in [3.63, 3.8) is 0 Å². The van der Waals surface area contributed by atoms with E-state index in [1.807, 2.05) is 19.1 Å². The minimum absolute atomic E-state index is 0.235. The molecule has 2 unspecified atom stereocenters. The van der Waals surface area contributed by atoms with Gasteiger partial charge in [0, 0.05) is 18.0 Å². The molecule has 3 nitrogen and oxygen atoms in total. The summed E-state index contributed by atoms with van der Waals surface area (Å²) in [6.07, 6.45) is 2.96. The van der Waals surface area contributed by atoms with Crippen molar-refractivity contribution in [2.45, 2.75) is 25.4 Å². The summed E-state index contributed by atoms with van der Waals surface area (Å²) in [5.41, 5.74) is 0.706. The van der Waals surface area contributed by atoms with Crippen LogP contribution in [-0.4, -0.2) is 24.5 Å². The minimum Gasteiger partial charge on any atom is -0.385 e. The zero-order valence-electron chi connectivity index (χ0n) is 10.1. The normalized spacial score (nSPS) is 24.0. The van der Waals surface area contributed by atoms with Crippen LogP contribution in [0.1, 0.15) is 35.7 Å². The smallest absolute Gasteiger partial charge is 0.150 e. The van der Waals surface area contributed by atoms with Gasteiger partial charge in [-0.15, -0.1) is 0 Å². The summed E-state index contributed by atoms with van der Waals surface area (Å²) in [7, 11) is 0. The van der Waals surface area contributed by atoms with Crippen molar-refractivity contribution >= 4 is 6.29 Å². The molecule has 1 aliphatic rings. The van der Waals surface area contributed by atoms with E-state index in [2.05, 4.69) is 5.32 Å². The Bertz CT molecular complexity index is 378. The van der Waals surface area contributed by atoms with Crippen LogP contribution < -0.4 is 5.32 Å². The van der Waals surface area contributed by atoms with E-state index in [-0.39, 0.29) is 5.92 Å². The second-order valence-electron chi connectivity index (χ2n) is 4.93. The number of carbonyl (C=O) groups is 1. The molecule has 0 spiro atoms. The molecule has 0 amide bonds. The highest BCUT2D eigenvalue weighted by Crippen LogP contribution is 2.33. The zero-order chi connectivity index (χ0) is 12.3. The summed E-state index contributed by atoms with van der Waals surface area (Å²) in [4.78, 5) is 10.6. The van der Waals surface area contributed by atoms with E-state index in [0.29, 0.717) is 5.56 Å². The van der Waals surface area contributed by atoms with E-state index < -0.39 is 5.60 Å². The molecule has 0 saturated carbocycles. The molecule has 92 valence electrons. The molecule has 3 heteroatoms. The molecule has 0 bridgehead atoms. The van der Waals surface area contributed by atoms with E-state index in [1.54, 1.807) is 12.1 Å². The van der Waals surface area contributed by atoms with E-state index >= 15 is 0 Å². The number of rotatable bonds is 3. The molecule has 1 aliphatic heterocycles. The molecule has 0 aliphatic carbocycles. The summed E-state index contributed by atoms with van der Waals surface area (Å²) in [5.74, 6) is 0.235. The fourth-order valence-corrected chi connectivity index (χ4v) is 2.47. The summed E-state index contributed by atoms with van der Waals surface area (Å²) < 4.78 is 0. The molecule has 1 saturated heterocycles. The number of hydrogen-bond acceptors (Lipinski definition) is 3. The predicted molar refractivity (Wildman–Crippen MR) is 67.0 cm³/mol. The quantitative estimate of drug-likeness (QED) is 0.781. The third-order valence-corrected chi connectivity index (χ3v) is 3.72. The van der Waals surface area contributed by atoms with Gasteiger partial charge in [-0.25, -0.2) is 0 Å². The maximum absolute atomic E-state index is 10.6. The number of aldehydes is 1. The maximum atomic E-state index is 10.6. The first kappa shape index (κ1) is 12.3. The highest BCUT2D eigenvalue weighted by atomic mass is 16.3. The van der Waals surface area contributed by atoms with Crippen molar-refractivity contribution < 1.29 is 9.90 Å². The Morgan fingerprint density at radius 3 is 2.65 bits per heavy atom. The first-order valence-electron chi connectivity index (χ1n) is 6.13. The molecule has 0 aromatic heterocycles. The number of piperidine rings is 1. The summed E-state index contributed by atoms with van der Waals surface area (Å²) >= 11 is 0. The third kappa shape index (κ3) is 2.56. The maximum Gasteiger partial charge on any atom is 0.150 e. The van der Waals surface area contributed by atoms with Crippen LogP contribution in [0.25, 0.3) is 0 Å². The van der Waals surface area contributed by atoms with Gasteiger partial charge in [-0.05, 0) is 31.9 Å². The SMILES string of the molecule is CC(O)(c1ccc(C=O)cc1)C1CCCNC1. The molecule has 1 aromatic rings. The Morgan fingerprint density at radius 2 is 2.12 bits per heavy atom. The van der Waals surface area contributed by atoms with Crippen molar-refractivity contribution in [3.8, 4) is 0 Å². The number of benzene rings is 1. The summed E-state index contributed by atoms with van der Waals surface area (Å²) in [5, 5.41) is 14.0. The van der Waals surface area contributed by atoms with Crippen LogP contribution in [0.2, 0.25) is 0 Å². The average molecular weight is 233 g/mol. The fourth-order valence-electron chi connectivity index (χ4n) is 2.47. The van der Waals surface area contributed by atoms with Gasteiger partial charge in [0.1, 0.15) is 6.29 Å². The van der Waals surface area contributed by atoms with Crippen LogP contribution in [0.4, 0.5) is 0 Å². The Balaban J connectivity index is 2.19. The molecule has 2 atom stereocenters. The van der Waals surface area contributed by atoms with Crippen molar-refractivity contribution in [1.82, 2.24) is 5.32 Å². The summed E-state index contributed by atoms with van der Waals surface area (Å²) in [6.45, 7) is 3.75. The van der Waals surface area contributed by atoms with Gasteiger partial charge in [0.15, 0.2) is 0 Å². The average Bonchev–Trinajstić information content (AvgIpc) is 2.40. The molecular formula is C14H19NO2. The summed E-state index contributed by atoms with van der Waals surface area (Å²) in [6, 6.07) is 7.21. The van der Waals surface area contributed by atoms with Gasteiger partial charge < -0.3 is 10.4 Å². The Labute approximate surface area is 102 Å². The topological polar surface area (TPSA) is 49.3 Å². The van der Waals surface area contributed by atoms with Crippen LogP contribution in [0.15, 0.2) is 24.3 Å². The van der Waals surface area contributed by atoms with Crippen LogP contribution in [-0.2, 0) is 5.60 Å². The number of nitrogens with one attached hydrogen (secondary N) is 1. The zero-order valence-corrected chi connectivity index (χ0v) is 10.1. The highest BCUT2D eigenvalue weighted by Gasteiger charge is 2.34. The Hall–Kier alpha value is -1.19. The van der Waals surface area contributed by atoms with Gasteiger partial charge in [0.2, 0.25) is 0 Å². The van der Waals surface area contributed by atoms with E-state index in [1.165, 1.54) is 0 Å². The lowest BCUT2D eigenvalue weighted by Gasteiger charge is -2.36. The second kappa shape index (κ2) is 4.98. The van der Waals surface area contributed by atoms with Crippen molar-refractivity contribution in [2.75, 3.05) is 13.1 Å². The lowest BCUT2D eigenvalue weighted by atomic mass is 9.79. The van der Waals surface area contributed by atoms with Crippen LogP contribution in [0, 0.1) is 5.92 Å². The molecule has 17 heavy (non-hydrogen) atoms. The largest absolute Gasteiger partial charge is 0.385 e. The lowest BCUT2D eigenvalue weighted by molar-refractivity contribution is -0.0156. The van der Waals surface area contributed by atoms with Gasteiger partial charge >= 0.3 is 0 Å². The Kier molecular flexibility index (Phi) is 3.60. The first-order valence-corrected chi connectivity index (χ1v) is 6.13. The molecule has 1 aromatic carbocycles. The number of aliphatic hydroxyl groups is 1. The monoisotopic (exact) mass is 233 g/mol. The molecule has 1 heterocycles. The predicted octanol–water partition coefficient (Wildman–Crippen LogP) is 1.71. The fraction of sp³-hybridized carbons (Fsp3) is 0.500. The second-order valence-corrected chi connectivity index (χ2v) is 4.93. The molecule has 2 N–H and O–H groups in total. The molecule has 2 rings (SSSR count). The van der Waals surface area contributed by atoms with Gasteiger partial charge in [0.05, 0.1) is 5.60 Å². The van der Waals surface area contributed by atoms with Crippen molar-refractivity contribution in [2.24, 2.45) is 5.92 Å². The molecule has 1 fully saturated rings. The van der Waals surface area contributed by atoms with Gasteiger partial charge in [-0.3, -0.25) is 4.79 Å². The van der Waals surface area contributed by atoms with E-state index in [9.17, 15) is 9.90 Å². The third-order valence-electron chi connectivity index (χ3n) is 3.72. The van der Waals surface area contributed by atoms with Crippen LogP contribution in [0.3, 0.4) is 0 Å². The number of carbonyl (C=O) groups excluding carboxylic acids is 1. The highest BCUT2D eigenvalue weighted by molar-refractivity contribution is 5.74. The van der Waals surface area contributed by atoms with Gasteiger partial charge in [-0.1, -0.05) is 24.3 Å². The number of hydrogen-bond donors (Lipinski definition) is 2. The van der Waals surface area contributed by atoms with Gasteiger partial charge in [0.25, 0.3) is 0 Å². The first-order chi connectivity index (χ1) is 8.14. The Morgan fingerprint density at radius 1 is 1.41 bits per heavy atom. The van der Waals surface area contributed by atoms with Crippen molar-refractivity contribution in [1.29, 1.82) is 0 Å². The minimum atomic E-state index is -0.825. The van der Waals surface area contributed by atoms with Crippen LogP contribution in [0.5, 0.6) is 0 Å². The molecule has 0 radical (unpaired) electrons. The van der Waals surface area contributed by atoms with Gasteiger partial charge in [-0.2, -0.15) is 0 Å².